The van der Waals surface area contributed by atoms with Crippen LogP contribution in [0.4, 0.5) is 0 Å². The summed E-state index contributed by atoms with van der Waals surface area (Å²) in [7, 11) is 1.73. The number of piperazine rings is 1. The largest absolute Gasteiger partial charge is 0.493 e. The normalized spacial score (nSPS) is 24.2. The van der Waals surface area contributed by atoms with Crippen LogP contribution in [0.25, 0.3) is 0 Å². The van der Waals surface area contributed by atoms with Crippen molar-refractivity contribution in [3.05, 3.63) is 29.8 Å². The molecule has 2 aliphatic rings. The topological polar surface area (TPSA) is 33.7 Å². The molecule has 3 rings (SSSR count). The van der Waals surface area contributed by atoms with Crippen LogP contribution >= 0.6 is 0 Å². The van der Waals surface area contributed by atoms with E-state index in [9.17, 15) is 0 Å². The molecule has 23 heavy (non-hydrogen) atoms. The summed E-state index contributed by atoms with van der Waals surface area (Å²) >= 11 is 0. The first kappa shape index (κ1) is 16.7. The Labute approximate surface area is 140 Å². The molecule has 1 unspecified atom stereocenters. The molecule has 0 radical (unpaired) electrons. The first-order chi connectivity index (χ1) is 11.2. The fourth-order valence-corrected chi connectivity index (χ4v) is 3.78. The van der Waals surface area contributed by atoms with Crippen LogP contribution in [0.2, 0.25) is 0 Å². The van der Waals surface area contributed by atoms with E-state index in [2.05, 4.69) is 41.4 Å². The number of benzene rings is 1. The zero-order chi connectivity index (χ0) is 16.1. The van der Waals surface area contributed by atoms with Gasteiger partial charge in [0.1, 0.15) is 5.75 Å². The minimum absolute atomic E-state index is 0.355. The van der Waals surface area contributed by atoms with Crippen LogP contribution in [0.1, 0.15) is 31.7 Å². The maximum absolute atomic E-state index is 6.17. The molecular formula is C19H30N2O2. The monoisotopic (exact) mass is 318 g/mol. The molecule has 1 aliphatic heterocycles. The van der Waals surface area contributed by atoms with Crippen LogP contribution in [0, 0.1) is 5.41 Å². The van der Waals surface area contributed by atoms with E-state index in [1.165, 1.54) is 31.4 Å². The predicted molar refractivity (Wildman–Crippen MR) is 92.8 cm³/mol. The molecule has 1 atom stereocenters. The van der Waals surface area contributed by atoms with Crippen molar-refractivity contribution in [2.75, 3.05) is 39.9 Å². The van der Waals surface area contributed by atoms with Gasteiger partial charge in [-0.2, -0.15) is 0 Å². The first-order valence-electron chi connectivity index (χ1n) is 8.86. The number of hydrogen-bond acceptors (Lipinski definition) is 4. The second kappa shape index (κ2) is 7.65. The number of ether oxygens (including phenoxy) is 2. The predicted octanol–water partition coefficient (Wildman–Crippen LogP) is 2.68. The van der Waals surface area contributed by atoms with Gasteiger partial charge in [-0.25, -0.2) is 0 Å². The highest BCUT2D eigenvalue weighted by Gasteiger charge is 2.40. The van der Waals surface area contributed by atoms with Crippen LogP contribution in [-0.2, 0) is 11.3 Å². The molecule has 1 N–H and O–H groups in total. The molecule has 0 bridgehead atoms. The van der Waals surface area contributed by atoms with E-state index in [0.717, 1.165) is 32.0 Å². The molecule has 0 aromatic heterocycles. The van der Waals surface area contributed by atoms with E-state index in [4.69, 9.17) is 9.47 Å². The van der Waals surface area contributed by atoms with Gasteiger partial charge in [0.25, 0.3) is 0 Å². The van der Waals surface area contributed by atoms with Crippen LogP contribution in [-0.4, -0.2) is 50.8 Å². The van der Waals surface area contributed by atoms with Crippen LogP contribution in [0.5, 0.6) is 5.75 Å². The lowest BCUT2D eigenvalue weighted by molar-refractivity contribution is 0.0103. The van der Waals surface area contributed by atoms with Gasteiger partial charge >= 0.3 is 0 Å². The minimum atomic E-state index is 0.355. The van der Waals surface area contributed by atoms with Crippen molar-refractivity contribution in [2.45, 2.75) is 38.8 Å². The molecule has 1 aromatic carbocycles. The van der Waals surface area contributed by atoms with Gasteiger partial charge in [-0.05, 0) is 37.5 Å². The Balaban J connectivity index is 1.55. The van der Waals surface area contributed by atoms with E-state index >= 15 is 0 Å². The number of nitrogens with one attached hydrogen (secondary N) is 1. The summed E-state index contributed by atoms with van der Waals surface area (Å²) in [5.41, 5.74) is 1.53. The summed E-state index contributed by atoms with van der Waals surface area (Å²) in [5.74, 6) is 0.972. The van der Waals surface area contributed by atoms with Gasteiger partial charge in [0.05, 0.1) is 13.2 Å². The Morgan fingerprint density at radius 1 is 1.35 bits per heavy atom. The van der Waals surface area contributed by atoms with E-state index < -0.39 is 0 Å². The third kappa shape index (κ3) is 4.46. The highest BCUT2D eigenvalue weighted by molar-refractivity contribution is 5.28. The summed E-state index contributed by atoms with van der Waals surface area (Å²) < 4.78 is 11.4. The van der Waals surface area contributed by atoms with Crippen LogP contribution in [0.3, 0.4) is 0 Å². The van der Waals surface area contributed by atoms with Crippen molar-refractivity contribution in [1.29, 1.82) is 0 Å². The van der Waals surface area contributed by atoms with Crippen molar-refractivity contribution >= 4 is 0 Å². The average Bonchev–Trinajstić information content (AvgIpc) is 2.51. The van der Waals surface area contributed by atoms with Gasteiger partial charge in [0.15, 0.2) is 0 Å². The van der Waals surface area contributed by atoms with Gasteiger partial charge in [-0.15, -0.1) is 0 Å². The molecule has 2 fully saturated rings. The molecule has 4 heteroatoms. The summed E-state index contributed by atoms with van der Waals surface area (Å²) in [4.78, 5) is 2.62. The van der Waals surface area contributed by atoms with Crippen molar-refractivity contribution in [2.24, 2.45) is 5.41 Å². The fraction of sp³-hybridized carbons (Fsp3) is 0.684. The molecule has 0 amide bonds. The minimum Gasteiger partial charge on any atom is -0.493 e. The van der Waals surface area contributed by atoms with Crippen molar-refractivity contribution in [3.8, 4) is 5.75 Å². The zero-order valence-electron chi connectivity index (χ0n) is 14.5. The number of nitrogens with zero attached hydrogens (tertiary/aromatic N) is 1. The Bertz CT molecular complexity index is 502. The molecule has 1 saturated heterocycles. The second-order valence-corrected chi connectivity index (χ2v) is 7.31. The molecule has 1 heterocycles. The van der Waals surface area contributed by atoms with E-state index in [1.54, 1.807) is 7.11 Å². The fourth-order valence-electron chi connectivity index (χ4n) is 3.78. The number of hydrogen-bond donors (Lipinski definition) is 1. The van der Waals surface area contributed by atoms with E-state index in [1.807, 2.05) is 0 Å². The summed E-state index contributed by atoms with van der Waals surface area (Å²) in [6, 6.07) is 8.89. The highest BCUT2D eigenvalue weighted by atomic mass is 16.5. The maximum atomic E-state index is 6.17. The SMILES string of the molecule is COCc1cccc(OCC2(CN3CCNC(C)C3)CCC2)c1. The third-order valence-corrected chi connectivity index (χ3v) is 5.18. The molecule has 0 spiro atoms. The molecule has 128 valence electrons. The standard InChI is InChI=1S/C19H30N2O2/c1-16-12-21(10-9-20-16)14-19(7-4-8-19)15-23-18-6-3-5-17(11-18)13-22-2/h3,5-6,11,16,20H,4,7-10,12-15H2,1-2H3. The summed E-state index contributed by atoms with van der Waals surface area (Å²) in [5, 5.41) is 3.52. The lowest BCUT2D eigenvalue weighted by Crippen LogP contribution is -2.54. The molecule has 1 aromatic rings. The maximum Gasteiger partial charge on any atom is 0.119 e. The Morgan fingerprint density at radius 3 is 2.91 bits per heavy atom. The third-order valence-electron chi connectivity index (χ3n) is 5.18. The molecule has 4 nitrogen and oxygen atoms in total. The average molecular weight is 318 g/mol. The first-order valence-corrected chi connectivity index (χ1v) is 8.86. The number of rotatable bonds is 7. The van der Waals surface area contributed by atoms with Gasteiger partial charge in [0, 0.05) is 44.7 Å². The van der Waals surface area contributed by atoms with Crippen LogP contribution < -0.4 is 10.1 Å². The smallest absolute Gasteiger partial charge is 0.119 e. The zero-order valence-corrected chi connectivity index (χ0v) is 14.5. The second-order valence-electron chi connectivity index (χ2n) is 7.31. The summed E-state index contributed by atoms with van der Waals surface area (Å²) in [6.45, 7) is 8.36. The Hall–Kier alpha value is -1.10. The molecule has 1 aliphatic carbocycles. The van der Waals surface area contributed by atoms with Crippen molar-refractivity contribution in [1.82, 2.24) is 10.2 Å². The Morgan fingerprint density at radius 2 is 2.22 bits per heavy atom. The molecular weight excluding hydrogens is 288 g/mol. The van der Waals surface area contributed by atoms with Gasteiger partial charge in [-0.1, -0.05) is 18.6 Å². The lowest BCUT2D eigenvalue weighted by atomic mass is 9.69. The van der Waals surface area contributed by atoms with Gasteiger partial charge < -0.3 is 14.8 Å². The van der Waals surface area contributed by atoms with Crippen molar-refractivity contribution in [3.63, 3.8) is 0 Å². The quantitative estimate of drug-likeness (QED) is 0.838. The summed E-state index contributed by atoms with van der Waals surface area (Å²) in [6.07, 6.45) is 3.93. The van der Waals surface area contributed by atoms with Gasteiger partial charge in [-0.3, -0.25) is 4.90 Å². The number of methoxy groups -OCH3 is 1. The Kier molecular flexibility index (Phi) is 5.57. The van der Waals surface area contributed by atoms with Crippen molar-refractivity contribution < 1.29 is 9.47 Å². The highest BCUT2D eigenvalue weighted by Crippen LogP contribution is 2.42. The molecule has 1 saturated carbocycles. The van der Waals surface area contributed by atoms with Crippen LogP contribution in [0.15, 0.2) is 24.3 Å². The van der Waals surface area contributed by atoms with E-state index in [-0.39, 0.29) is 0 Å². The van der Waals surface area contributed by atoms with E-state index in [0.29, 0.717) is 18.1 Å². The van der Waals surface area contributed by atoms with Gasteiger partial charge in [0.2, 0.25) is 0 Å². The lowest BCUT2D eigenvalue weighted by Gasteiger charge is -2.46.